The van der Waals surface area contributed by atoms with Crippen LogP contribution in [0.15, 0.2) is 48.7 Å². The van der Waals surface area contributed by atoms with Gasteiger partial charge in [-0.3, -0.25) is 14.9 Å². The number of carbonyl (C=O) groups excluding carboxylic acids is 2. The number of thiazole rings is 1. The second-order valence-electron chi connectivity index (χ2n) is 5.37. The first-order chi connectivity index (χ1) is 11.1. The third-order valence-electron chi connectivity index (χ3n) is 3.83. The van der Waals surface area contributed by atoms with Crippen LogP contribution in [0.4, 0.5) is 5.13 Å². The summed E-state index contributed by atoms with van der Waals surface area (Å²) in [5, 5.41) is 3.32. The van der Waals surface area contributed by atoms with Crippen molar-refractivity contribution in [1.82, 2.24) is 4.98 Å². The van der Waals surface area contributed by atoms with E-state index in [2.05, 4.69) is 10.3 Å². The van der Waals surface area contributed by atoms with Gasteiger partial charge in [-0.2, -0.15) is 0 Å². The zero-order valence-electron chi connectivity index (χ0n) is 12.3. The largest absolute Gasteiger partial charge is 0.298 e. The van der Waals surface area contributed by atoms with Gasteiger partial charge in [0.05, 0.1) is 0 Å². The van der Waals surface area contributed by atoms with Crippen molar-refractivity contribution in [3.8, 4) is 11.1 Å². The number of ketones is 1. The van der Waals surface area contributed by atoms with Gasteiger partial charge in [-0.25, -0.2) is 4.98 Å². The van der Waals surface area contributed by atoms with Crippen molar-refractivity contribution in [2.75, 3.05) is 5.32 Å². The topological polar surface area (TPSA) is 59.1 Å². The molecule has 0 saturated carbocycles. The molecular weight excluding hydrogens is 308 g/mol. The summed E-state index contributed by atoms with van der Waals surface area (Å²) in [6.45, 7) is 1.93. The highest BCUT2D eigenvalue weighted by Gasteiger charge is 2.27. The minimum atomic E-state index is -0.258. The number of fused-ring (bicyclic) bond motifs is 3. The first-order valence-electron chi connectivity index (χ1n) is 7.15. The highest BCUT2D eigenvalue weighted by molar-refractivity contribution is 7.15. The van der Waals surface area contributed by atoms with Crippen LogP contribution in [-0.2, 0) is 0 Å². The Morgan fingerprint density at radius 2 is 1.78 bits per heavy atom. The molecule has 1 heterocycles. The number of anilines is 1. The van der Waals surface area contributed by atoms with Crippen molar-refractivity contribution in [2.45, 2.75) is 6.92 Å². The van der Waals surface area contributed by atoms with E-state index in [1.165, 1.54) is 11.3 Å². The predicted molar refractivity (Wildman–Crippen MR) is 90.1 cm³/mol. The summed E-state index contributed by atoms with van der Waals surface area (Å²) in [6.07, 6.45) is 1.71. The minimum absolute atomic E-state index is 0.0321. The van der Waals surface area contributed by atoms with Crippen LogP contribution >= 0.6 is 11.3 Å². The van der Waals surface area contributed by atoms with Crippen molar-refractivity contribution in [2.24, 2.45) is 0 Å². The van der Waals surface area contributed by atoms with Gasteiger partial charge in [0.1, 0.15) is 0 Å². The Morgan fingerprint density at radius 3 is 2.52 bits per heavy atom. The Kier molecular flexibility index (Phi) is 3.09. The minimum Gasteiger partial charge on any atom is -0.298 e. The number of hydrogen-bond acceptors (Lipinski definition) is 4. The van der Waals surface area contributed by atoms with E-state index in [9.17, 15) is 9.59 Å². The third-order valence-corrected chi connectivity index (χ3v) is 4.66. The summed E-state index contributed by atoms with van der Waals surface area (Å²) >= 11 is 1.42. The van der Waals surface area contributed by atoms with Gasteiger partial charge in [0.15, 0.2) is 10.9 Å². The average molecular weight is 320 g/mol. The summed E-state index contributed by atoms with van der Waals surface area (Å²) in [6, 6.07) is 12.7. The number of hydrogen-bond donors (Lipinski definition) is 1. The van der Waals surface area contributed by atoms with Crippen molar-refractivity contribution in [3.63, 3.8) is 0 Å². The molecular formula is C18H12N2O2S. The number of amides is 1. The summed E-state index contributed by atoms with van der Waals surface area (Å²) in [5.41, 5.74) is 3.53. The Bertz CT molecular complexity index is 959. The molecule has 0 saturated heterocycles. The van der Waals surface area contributed by atoms with Gasteiger partial charge < -0.3 is 0 Å². The molecule has 0 bridgehead atoms. The van der Waals surface area contributed by atoms with Crippen LogP contribution in [0.25, 0.3) is 11.1 Å². The van der Waals surface area contributed by atoms with Gasteiger partial charge >= 0.3 is 0 Å². The Hall–Kier alpha value is -2.79. The van der Waals surface area contributed by atoms with Crippen LogP contribution in [-0.4, -0.2) is 16.7 Å². The number of aromatic nitrogens is 1. The maximum Gasteiger partial charge on any atom is 0.257 e. The summed E-state index contributed by atoms with van der Waals surface area (Å²) in [7, 11) is 0. The van der Waals surface area contributed by atoms with Crippen LogP contribution in [0.3, 0.4) is 0 Å². The van der Waals surface area contributed by atoms with Crippen molar-refractivity contribution >= 4 is 28.2 Å². The maximum atomic E-state index is 12.5. The van der Waals surface area contributed by atoms with E-state index in [1.54, 1.807) is 18.3 Å². The van der Waals surface area contributed by atoms with Gasteiger partial charge in [-0.1, -0.05) is 30.3 Å². The fraction of sp³-hybridized carbons (Fsp3) is 0.0556. The molecule has 1 aliphatic carbocycles. The first-order valence-corrected chi connectivity index (χ1v) is 7.97. The molecule has 0 unspecified atom stereocenters. The fourth-order valence-corrected chi connectivity index (χ4v) is 3.41. The lowest BCUT2D eigenvalue weighted by Gasteiger charge is -2.04. The third kappa shape index (κ3) is 2.26. The van der Waals surface area contributed by atoms with Crippen molar-refractivity contribution < 1.29 is 9.59 Å². The molecule has 0 aliphatic heterocycles. The highest BCUT2D eigenvalue weighted by atomic mass is 32.1. The van der Waals surface area contributed by atoms with E-state index >= 15 is 0 Å². The Labute approximate surface area is 136 Å². The zero-order chi connectivity index (χ0) is 16.0. The molecule has 1 aromatic heterocycles. The summed E-state index contributed by atoms with van der Waals surface area (Å²) < 4.78 is 0. The number of carbonyl (C=O) groups is 2. The second kappa shape index (κ2) is 5.14. The molecule has 1 amide bonds. The Balaban J connectivity index is 1.69. The molecule has 2 aromatic carbocycles. The van der Waals surface area contributed by atoms with E-state index < -0.39 is 0 Å². The molecule has 4 nitrogen and oxygen atoms in total. The van der Waals surface area contributed by atoms with Crippen LogP contribution in [0, 0.1) is 6.92 Å². The number of aryl methyl sites for hydroxylation is 1. The van der Waals surface area contributed by atoms with E-state index in [0.717, 1.165) is 16.0 Å². The lowest BCUT2D eigenvalue weighted by molar-refractivity contribution is 0.102. The average Bonchev–Trinajstić information content (AvgIpc) is 3.10. The number of rotatable bonds is 2. The molecule has 0 spiro atoms. The molecule has 0 atom stereocenters. The summed E-state index contributed by atoms with van der Waals surface area (Å²) in [4.78, 5) is 30.0. The van der Waals surface area contributed by atoms with Crippen LogP contribution in [0.2, 0.25) is 0 Å². The van der Waals surface area contributed by atoms with E-state index in [1.807, 2.05) is 37.3 Å². The van der Waals surface area contributed by atoms with Crippen LogP contribution in [0.5, 0.6) is 0 Å². The molecule has 1 N–H and O–H groups in total. The van der Waals surface area contributed by atoms with Crippen molar-refractivity contribution in [3.05, 3.63) is 70.2 Å². The van der Waals surface area contributed by atoms with Crippen molar-refractivity contribution in [1.29, 1.82) is 0 Å². The number of benzene rings is 2. The molecule has 5 heteroatoms. The van der Waals surface area contributed by atoms with E-state index in [-0.39, 0.29) is 11.7 Å². The van der Waals surface area contributed by atoms with Gasteiger partial charge in [0.2, 0.25) is 0 Å². The van der Waals surface area contributed by atoms with Crippen LogP contribution in [0.1, 0.15) is 31.2 Å². The van der Waals surface area contributed by atoms with Crippen LogP contribution < -0.4 is 5.32 Å². The SMILES string of the molecule is Cc1cnc(NC(=O)c2ccc3c(c2)C(=O)c2ccccc2-3)s1. The van der Waals surface area contributed by atoms with Gasteiger partial charge in [0.25, 0.3) is 5.91 Å². The zero-order valence-corrected chi connectivity index (χ0v) is 13.1. The highest BCUT2D eigenvalue weighted by Crippen LogP contribution is 2.36. The molecule has 112 valence electrons. The van der Waals surface area contributed by atoms with Gasteiger partial charge in [0, 0.05) is 27.8 Å². The second-order valence-corrected chi connectivity index (χ2v) is 6.60. The lowest BCUT2D eigenvalue weighted by Crippen LogP contribution is -2.12. The monoisotopic (exact) mass is 320 g/mol. The smallest absolute Gasteiger partial charge is 0.257 e. The number of nitrogens with one attached hydrogen (secondary N) is 1. The standard InChI is InChI=1S/C18H12N2O2S/c1-10-9-19-18(23-10)20-17(22)11-6-7-13-12-4-2-3-5-14(12)16(21)15(13)8-11/h2-9H,1H3,(H,19,20,22). The van der Waals surface area contributed by atoms with E-state index in [4.69, 9.17) is 0 Å². The predicted octanol–water partition coefficient (Wildman–Crippen LogP) is 3.92. The maximum absolute atomic E-state index is 12.5. The molecule has 23 heavy (non-hydrogen) atoms. The molecule has 0 fully saturated rings. The fourth-order valence-electron chi connectivity index (χ4n) is 2.75. The van der Waals surface area contributed by atoms with Gasteiger partial charge in [-0.05, 0) is 30.2 Å². The molecule has 4 rings (SSSR count). The Morgan fingerprint density at radius 1 is 1.04 bits per heavy atom. The molecule has 1 aliphatic rings. The quantitative estimate of drug-likeness (QED) is 0.609. The van der Waals surface area contributed by atoms with E-state index in [0.29, 0.717) is 21.8 Å². The first kappa shape index (κ1) is 13.8. The number of nitrogens with zero attached hydrogens (tertiary/aromatic N) is 1. The van der Waals surface area contributed by atoms with Gasteiger partial charge in [-0.15, -0.1) is 11.3 Å². The summed E-state index contributed by atoms with van der Waals surface area (Å²) in [5.74, 6) is -0.291. The normalized spacial score (nSPS) is 12.0. The molecule has 3 aromatic rings. The lowest BCUT2D eigenvalue weighted by atomic mass is 10.0. The molecule has 0 radical (unpaired) electrons.